The number of benzene rings is 1. The molecule has 0 spiro atoms. The van der Waals surface area contributed by atoms with Crippen LogP contribution in [0.1, 0.15) is 17.7 Å². The van der Waals surface area contributed by atoms with E-state index in [1.807, 2.05) is 0 Å². The zero-order chi connectivity index (χ0) is 19.4. The van der Waals surface area contributed by atoms with Crippen molar-refractivity contribution in [1.82, 2.24) is 15.1 Å². The number of morpholine rings is 1. The molecule has 1 aliphatic heterocycles. The third kappa shape index (κ3) is 4.62. The molecule has 2 amide bonds. The fourth-order valence-electron chi connectivity index (χ4n) is 3.08. The largest absolute Gasteiger partial charge is 0.377 e. The molecule has 27 heavy (non-hydrogen) atoms. The number of aromatic nitrogens is 2. The van der Waals surface area contributed by atoms with Gasteiger partial charge in [0.05, 0.1) is 25.7 Å². The highest BCUT2D eigenvalue weighted by Crippen LogP contribution is 2.15. The van der Waals surface area contributed by atoms with Gasteiger partial charge in [-0.3, -0.25) is 19.5 Å². The third-order valence-corrected chi connectivity index (χ3v) is 4.50. The molecule has 144 valence electrons. The van der Waals surface area contributed by atoms with Gasteiger partial charge in [0.1, 0.15) is 5.82 Å². The van der Waals surface area contributed by atoms with Gasteiger partial charge in [-0.25, -0.2) is 4.39 Å². The van der Waals surface area contributed by atoms with Gasteiger partial charge in [-0.15, -0.1) is 0 Å². The molecule has 0 bridgehead atoms. The number of carbonyl (C=O) groups excluding carboxylic acids is 2. The summed E-state index contributed by atoms with van der Waals surface area (Å²) in [5.74, 6) is -1.03. The molecule has 2 heterocycles. The van der Waals surface area contributed by atoms with E-state index in [0.29, 0.717) is 30.1 Å². The summed E-state index contributed by atoms with van der Waals surface area (Å²) in [6, 6.07) is 5.15. The number of anilines is 1. The van der Waals surface area contributed by atoms with Crippen molar-refractivity contribution >= 4 is 17.5 Å². The Kier molecular flexibility index (Phi) is 5.70. The number of rotatable bonds is 5. The number of ether oxygens (including phenoxy) is 1. The van der Waals surface area contributed by atoms with Gasteiger partial charge in [0.25, 0.3) is 5.56 Å². The molecule has 1 aromatic carbocycles. The number of hydrogen-bond donors (Lipinski definition) is 3. The lowest BCUT2D eigenvalue weighted by atomic mass is 10.1. The van der Waals surface area contributed by atoms with Crippen LogP contribution in [-0.2, 0) is 20.7 Å². The highest BCUT2D eigenvalue weighted by molar-refractivity contribution is 5.91. The average Bonchev–Trinajstić information content (AvgIpc) is 2.94. The maximum atomic E-state index is 13.2. The first kappa shape index (κ1) is 18.8. The number of carbonyl (C=O) groups is 2. The summed E-state index contributed by atoms with van der Waals surface area (Å²) in [7, 11) is 0. The van der Waals surface area contributed by atoms with Crippen molar-refractivity contribution in [3.05, 3.63) is 51.7 Å². The molecule has 0 saturated carbocycles. The maximum absolute atomic E-state index is 13.2. The number of halogens is 1. The van der Waals surface area contributed by atoms with Crippen molar-refractivity contribution in [3.63, 3.8) is 0 Å². The van der Waals surface area contributed by atoms with E-state index in [9.17, 15) is 18.8 Å². The number of nitrogens with one attached hydrogen (secondary N) is 3. The second kappa shape index (κ2) is 8.17. The van der Waals surface area contributed by atoms with Crippen LogP contribution in [-0.4, -0.2) is 52.7 Å². The van der Waals surface area contributed by atoms with Crippen molar-refractivity contribution in [2.45, 2.75) is 25.8 Å². The first-order valence-corrected chi connectivity index (χ1v) is 8.63. The number of H-pyrrole nitrogens is 2. The molecule has 1 aliphatic rings. The van der Waals surface area contributed by atoms with E-state index in [4.69, 9.17) is 4.74 Å². The topological polar surface area (TPSA) is 107 Å². The SMILES string of the molecule is Cc1[nH][nH]c(=O)c1CC(=O)N1CCOC[C@H]1CC(=O)Nc1cccc(F)c1. The first-order valence-electron chi connectivity index (χ1n) is 8.63. The van der Waals surface area contributed by atoms with Crippen LogP contribution in [0.5, 0.6) is 0 Å². The van der Waals surface area contributed by atoms with Crippen LogP contribution in [0, 0.1) is 12.7 Å². The molecule has 2 aromatic rings. The van der Waals surface area contributed by atoms with Crippen molar-refractivity contribution in [3.8, 4) is 0 Å². The lowest BCUT2D eigenvalue weighted by molar-refractivity contribution is -0.140. The molecule has 9 heteroatoms. The molecular formula is C18H21FN4O4. The zero-order valence-corrected chi connectivity index (χ0v) is 14.9. The number of amides is 2. The van der Waals surface area contributed by atoms with Crippen LogP contribution in [0.15, 0.2) is 29.1 Å². The molecule has 1 aromatic heterocycles. The second-order valence-corrected chi connectivity index (χ2v) is 6.44. The van der Waals surface area contributed by atoms with Crippen LogP contribution in [0.3, 0.4) is 0 Å². The van der Waals surface area contributed by atoms with Gasteiger partial charge in [0, 0.05) is 29.9 Å². The second-order valence-electron chi connectivity index (χ2n) is 6.44. The fourth-order valence-corrected chi connectivity index (χ4v) is 3.08. The molecule has 1 fully saturated rings. The predicted octanol–water partition coefficient (Wildman–Crippen LogP) is 0.949. The molecular weight excluding hydrogens is 355 g/mol. The molecule has 8 nitrogen and oxygen atoms in total. The van der Waals surface area contributed by atoms with Gasteiger partial charge in [0.15, 0.2) is 0 Å². The van der Waals surface area contributed by atoms with E-state index >= 15 is 0 Å². The van der Waals surface area contributed by atoms with E-state index in [1.54, 1.807) is 17.9 Å². The Hall–Kier alpha value is -2.94. The summed E-state index contributed by atoms with van der Waals surface area (Å²) in [4.78, 5) is 38.3. The van der Waals surface area contributed by atoms with Crippen LogP contribution < -0.4 is 10.9 Å². The Bertz CT molecular complexity index is 891. The third-order valence-electron chi connectivity index (χ3n) is 4.50. The maximum Gasteiger partial charge on any atom is 0.267 e. The molecule has 1 saturated heterocycles. The Morgan fingerprint density at radius 2 is 2.19 bits per heavy atom. The quantitative estimate of drug-likeness (QED) is 0.722. The van der Waals surface area contributed by atoms with E-state index in [0.717, 1.165) is 0 Å². The van der Waals surface area contributed by atoms with Crippen LogP contribution in [0.2, 0.25) is 0 Å². The summed E-state index contributed by atoms with van der Waals surface area (Å²) >= 11 is 0. The van der Waals surface area contributed by atoms with Gasteiger partial charge in [-0.05, 0) is 25.1 Å². The van der Waals surface area contributed by atoms with Gasteiger partial charge >= 0.3 is 0 Å². The van der Waals surface area contributed by atoms with Crippen molar-refractivity contribution in [1.29, 1.82) is 0 Å². The first-order chi connectivity index (χ1) is 12.9. The number of aromatic amines is 2. The standard InChI is InChI=1S/C18H21FN4O4/c1-11-15(18(26)22-21-11)9-17(25)23-5-6-27-10-14(23)8-16(24)20-13-4-2-3-12(19)7-13/h2-4,7,14H,5-6,8-10H2,1H3,(H,20,24)(H2,21,22,26)/t14-/m1/s1. The van der Waals surface area contributed by atoms with Gasteiger partial charge in [0.2, 0.25) is 11.8 Å². The van der Waals surface area contributed by atoms with Crippen LogP contribution >= 0.6 is 0 Å². The molecule has 0 unspecified atom stereocenters. The molecule has 0 radical (unpaired) electrons. The Labute approximate surface area is 154 Å². The van der Waals surface area contributed by atoms with E-state index < -0.39 is 11.9 Å². The highest BCUT2D eigenvalue weighted by Gasteiger charge is 2.30. The summed E-state index contributed by atoms with van der Waals surface area (Å²) in [6.07, 6.45) is -0.0303. The average molecular weight is 376 g/mol. The molecule has 1 atom stereocenters. The van der Waals surface area contributed by atoms with Crippen LogP contribution in [0.25, 0.3) is 0 Å². The summed E-state index contributed by atoms with van der Waals surface area (Å²) in [5, 5.41) is 7.76. The lowest BCUT2D eigenvalue weighted by Crippen LogP contribution is -2.50. The van der Waals surface area contributed by atoms with E-state index in [2.05, 4.69) is 15.5 Å². The minimum Gasteiger partial charge on any atom is -0.377 e. The summed E-state index contributed by atoms with van der Waals surface area (Å²) in [5.41, 5.74) is 1.02. The van der Waals surface area contributed by atoms with Crippen molar-refractivity contribution < 1.29 is 18.7 Å². The Morgan fingerprint density at radius 3 is 2.89 bits per heavy atom. The van der Waals surface area contributed by atoms with Gasteiger partial charge < -0.3 is 20.1 Å². The number of hydrogen-bond acceptors (Lipinski definition) is 4. The lowest BCUT2D eigenvalue weighted by Gasteiger charge is -2.35. The van der Waals surface area contributed by atoms with Crippen LogP contribution in [0.4, 0.5) is 10.1 Å². The Balaban J connectivity index is 1.65. The summed E-state index contributed by atoms with van der Waals surface area (Å²) < 4.78 is 18.6. The monoisotopic (exact) mass is 376 g/mol. The highest BCUT2D eigenvalue weighted by atomic mass is 19.1. The number of nitrogens with zero attached hydrogens (tertiary/aromatic N) is 1. The predicted molar refractivity (Wildman–Crippen MR) is 95.8 cm³/mol. The van der Waals surface area contributed by atoms with E-state index in [1.165, 1.54) is 18.2 Å². The molecule has 0 aliphatic carbocycles. The minimum atomic E-state index is -0.447. The van der Waals surface area contributed by atoms with Gasteiger partial charge in [-0.1, -0.05) is 6.07 Å². The molecule has 3 N–H and O–H groups in total. The normalized spacial score (nSPS) is 17.0. The van der Waals surface area contributed by atoms with Crippen molar-refractivity contribution in [2.24, 2.45) is 0 Å². The van der Waals surface area contributed by atoms with Crippen molar-refractivity contribution in [2.75, 3.05) is 25.1 Å². The Morgan fingerprint density at radius 1 is 1.37 bits per heavy atom. The van der Waals surface area contributed by atoms with E-state index in [-0.39, 0.29) is 36.8 Å². The zero-order valence-electron chi connectivity index (χ0n) is 14.9. The minimum absolute atomic E-state index is 0.0186. The fraction of sp³-hybridized carbons (Fsp3) is 0.389. The van der Waals surface area contributed by atoms with Gasteiger partial charge in [-0.2, -0.15) is 0 Å². The number of aryl methyl sites for hydroxylation is 1. The summed E-state index contributed by atoms with van der Waals surface area (Å²) in [6.45, 7) is 2.66. The smallest absolute Gasteiger partial charge is 0.267 e. The molecule has 3 rings (SSSR count).